The Kier molecular flexibility index (Phi) is 6.22. The first-order chi connectivity index (χ1) is 11.9. The van der Waals surface area contributed by atoms with Crippen LogP contribution in [0, 0.1) is 11.6 Å². The lowest BCUT2D eigenvalue weighted by Crippen LogP contribution is -2.42. The van der Waals surface area contributed by atoms with Gasteiger partial charge in [0.15, 0.2) is 0 Å². The Balaban J connectivity index is 2.20. The van der Waals surface area contributed by atoms with Gasteiger partial charge in [-0.15, -0.1) is 0 Å². The normalized spacial score (nSPS) is 10.4. The molecule has 0 saturated carbocycles. The quantitative estimate of drug-likeness (QED) is 0.805. The van der Waals surface area contributed by atoms with Gasteiger partial charge >= 0.3 is 0 Å². The van der Waals surface area contributed by atoms with Gasteiger partial charge in [-0.3, -0.25) is 14.5 Å². The molecule has 2 rings (SSSR count). The molecule has 0 N–H and O–H groups in total. The zero-order chi connectivity index (χ0) is 18.4. The zero-order valence-corrected chi connectivity index (χ0v) is 14.2. The van der Waals surface area contributed by atoms with Crippen LogP contribution in [0.15, 0.2) is 48.5 Å². The fraction of sp³-hybridized carbons (Fsp3) is 0.263. The van der Waals surface area contributed by atoms with Gasteiger partial charge in [-0.05, 0) is 24.6 Å². The highest BCUT2D eigenvalue weighted by Crippen LogP contribution is 2.23. The number of anilines is 1. The number of amides is 2. The first-order valence-electron chi connectivity index (χ1n) is 7.97. The number of para-hydroxylation sites is 1. The van der Waals surface area contributed by atoms with E-state index < -0.39 is 29.8 Å². The van der Waals surface area contributed by atoms with Crippen LogP contribution in [-0.4, -0.2) is 29.8 Å². The largest absolute Gasteiger partial charge is 0.337 e. The maximum Gasteiger partial charge on any atom is 0.242 e. The van der Waals surface area contributed by atoms with Crippen molar-refractivity contribution in [1.29, 1.82) is 0 Å². The third-order valence-electron chi connectivity index (χ3n) is 3.83. The van der Waals surface area contributed by atoms with Crippen molar-refractivity contribution in [1.82, 2.24) is 4.90 Å². The lowest BCUT2D eigenvalue weighted by atomic mass is 10.2. The van der Waals surface area contributed by atoms with Gasteiger partial charge < -0.3 is 4.90 Å². The average Bonchev–Trinajstić information content (AvgIpc) is 2.59. The second-order valence-electron chi connectivity index (χ2n) is 5.57. The molecule has 0 fully saturated rings. The molecule has 6 heteroatoms. The van der Waals surface area contributed by atoms with Gasteiger partial charge in [0.05, 0.1) is 0 Å². The van der Waals surface area contributed by atoms with Gasteiger partial charge in [-0.2, -0.15) is 0 Å². The molecule has 2 aromatic rings. The molecule has 0 bridgehead atoms. The Morgan fingerprint density at radius 2 is 1.56 bits per heavy atom. The predicted molar refractivity (Wildman–Crippen MR) is 91.9 cm³/mol. The van der Waals surface area contributed by atoms with E-state index in [1.165, 1.54) is 17.9 Å². The zero-order valence-electron chi connectivity index (χ0n) is 14.2. The van der Waals surface area contributed by atoms with E-state index in [0.29, 0.717) is 13.1 Å². The summed E-state index contributed by atoms with van der Waals surface area (Å²) in [4.78, 5) is 26.8. The van der Waals surface area contributed by atoms with Gasteiger partial charge in [0, 0.05) is 20.0 Å². The Labute approximate surface area is 145 Å². The third kappa shape index (κ3) is 4.62. The molecule has 25 heavy (non-hydrogen) atoms. The molecule has 0 spiro atoms. The molecule has 0 aliphatic rings. The molecule has 2 amide bonds. The van der Waals surface area contributed by atoms with Gasteiger partial charge in [0.2, 0.25) is 11.8 Å². The number of hydrogen-bond donors (Lipinski definition) is 0. The van der Waals surface area contributed by atoms with Crippen LogP contribution in [-0.2, 0) is 16.1 Å². The minimum absolute atomic E-state index is 0.363. The van der Waals surface area contributed by atoms with E-state index in [9.17, 15) is 18.4 Å². The van der Waals surface area contributed by atoms with Crippen LogP contribution in [0.1, 0.15) is 19.4 Å². The maximum absolute atomic E-state index is 14.0. The molecule has 0 atom stereocenters. The van der Waals surface area contributed by atoms with Gasteiger partial charge in [-0.1, -0.05) is 36.4 Å². The van der Waals surface area contributed by atoms with Crippen molar-refractivity contribution in [2.45, 2.75) is 20.4 Å². The number of carbonyl (C=O) groups excluding carboxylic acids is 2. The van der Waals surface area contributed by atoms with Gasteiger partial charge in [0.25, 0.3) is 0 Å². The average molecular weight is 346 g/mol. The highest BCUT2D eigenvalue weighted by Gasteiger charge is 2.24. The first-order valence-corrected chi connectivity index (χ1v) is 7.97. The Morgan fingerprint density at radius 1 is 0.960 bits per heavy atom. The van der Waals surface area contributed by atoms with Crippen molar-refractivity contribution in [2.75, 3.05) is 18.0 Å². The smallest absolute Gasteiger partial charge is 0.242 e. The van der Waals surface area contributed by atoms with Crippen molar-refractivity contribution in [3.05, 3.63) is 65.7 Å². The van der Waals surface area contributed by atoms with Crippen LogP contribution in [0.25, 0.3) is 0 Å². The van der Waals surface area contributed by atoms with Crippen LogP contribution in [0.3, 0.4) is 0 Å². The fourth-order valence-corrected chi connectivity index (χ4v) is 2.51. The summed E-state index contributed by atoms with van der Waals surface area (Å²) >= 11 is 0. The number of hydrogen-bond acceptors (Lipinski definition) is 2. The molecule has 0 unspecified atom stereocenters. The fourth-order valence-electron chi connectivity index (χ4n) is 2.51. The predicted octanol–water partition coefficient (Wildman–Crippen LogP) is 3.37. The third-order valence-corrected chi connectivity index (χ3v) is 3.83. The lowest BCUT2D eigenvalue weighted by Gasteiger charge is -2.26. The van der Waals surface area contributed by atoms with E-state index >= 15 is 0 Å². The minimum atomic E-state index is -0.880. The van der Waals surface area contributed by atoms with Crippen molar-refractivity contribution in [2.24, 2.45) is 0 Å². The molecule has 0 aliphatic heterocycles. The number of halogens is 2. The lowest BCUT2D eigenvalue weighted by molar-refractivity contribution is -0.131. The molecule has 4 nitrogen and oxygen atoms in total. The van der Waals surface area contributed by atoms with Gasteiger partial charge in [0.1, 0.15) is 23.9 Å². The second-order valence-corrected chi connectivity index (χ2v) is 5.57. The van der Waals surface area contributed by atoms with Gasteiger partial charge in [-0.25, -0.2) is 8.78 Å². The molecular formula is C19H20F2N2O2. The number of benzene rings is 2. The first kappa shape index (κ1) is 18.6. The summed E-state index contributed by atoms with van der Waals surface area (Å²) in [5.74, 6) is -2.75. The molecule has 0 saturated heterocycles. The number of rotatable bonds is 6. The summed E-state index contributed by atoms with van der Waals surface area (Å²) < 4.78 is 28.0. The van der Waals surface area contributed by atoms with E-state index in [1.54, 1.807) is 0 Å². The van der Waals surface area contributed by atoms with Crippen molar-refractivity contribution in [3.63, 3.8) is 0 Å². The minimum Gasteiger partial charge on any atom is -0.337 e. The summed E-state index contributed by atoms with van der Waals surface area (Å²) in [5, 5.41) is 0. The number of likely N-dealkylation sites (N-methyl/N-ethyl adjacent to an activating group) is 1. The topological polar surface area (TPSA) is 40.6 Å². The summed E-state index contributed by atoms with van der Waals surface area (Å²) in [6.45, 7) is 3.34. The Morgan fingerprint density at radius 3 is 2.08 bits per heavy atom. The SMILES string of the molecule is CCN(Cc1ccccc1)C(=O)CN(C(C)=O)c1c(F)cccc1F. The molecule has 2 aromatic carbocycles. The Hall–Kier alpha value is -2.76. The van der Waals surface area contributed by atoms with E-state index in [0.717, 1.165) is 22.6 Å². The molecule has 0 aliphatic carbocycles. The number of carbonyl (C=O) groups is 2. The maximum atomic E-state index is 14.0. The molecule has 0 heterocycles. The van der Waals surface area contributed by atoms with Crippen LogP contribution in [0.4, 0.5) is 14.5 Å². The van der Waals surface area contributed by atoms with Crippen LogP contribution in [0.5, 0.6) is 0 Å². The van der Waals surface area contributed by atoms with Crippen LogP contribution >= 0.6 is 0 Å². The molecule has 132 valence electrons. The molecule has 0 aromatic heterocycles. The standard InChI is InChI=1S/C19H20F2N2O2/c1-3-22(12-15-8-5-4-6-9-15)18(25)13-23(14(2)24)19-16(20)10-7-11-17(19)21/h4-11H,3,12-13H2,1-2H3. The van der Waals surface area contributed by atoms with Crippen molar-refractivity contribution < 1.29 is 18.4 Å². The second kappa shape index (κ2) is 8.37. The number of nitrogens with zero attached hydrogens (tertiary/aromatic N) is 2. The van der Waals surface area contributed by atoms with E-state index in [1.807, 2.05) is 37.3 Å². The van der Waals surface area contributed by atoms with Crippen molar-refractivity contribution >= 4 is 17.5 Å². The summed E-state index contributed by atoms with van der Waals surface area (Å²) in [7, 11) is 0. The highest BCUT2D eigenvalue weighted by atomic mass is 19.1. The molecular weight excluding hydrogens is 326 g/mol. The molecule has 0 radical (unpaired) electrons. The van der Waals surface area contributed by atoms with E-state index in [-0.39, 0.29) is 5.91 Å². The summed E-state index contributed by atoms with van der Waals surface area (Å²) in [6.07, 6.45) is 0. The van der Waals surface area contributed by atoms with Crippen LogP contribution < -0.4 is 4.90 Å². The van der Waals surface area contributed by atoms with Crippen molar-refractivity contribution in [3.8, 4) is 0 Å². The highest BCUT2D eigenvalue weighted by molar-refractivity contribution is 5.97. The van der Waals surface area contributed by atoms with Crippen LogP contribution in [0.2, 0.25) is 0 Å². The van der Waals surface area contributed by atoms with E-state index in [2.05, 4.69) is 0 Å². The Bertz CT molecular complexity index is 730. The van der Waals surface area contributed by atoms with E-state index in [4.69, 9.17) is 0 Å². The summed E-state index contributed by atoms with van der Waals surface area (Å²) in [6, 6.07) is 12.7. The monoisotopic (exact) mass is 346 g/mol. The summed E-state index contributed by atoms with van der Waals surface area (Å²) in [5.41, 5.74) is 0.434.